The van der Waals surface area contributed by atoms with Gasteiger partial charge in [-0.2, -0.15) is 5.10 Å². The molecule has 1 fully saturated rings. The summed E-state index contributed by atoms with van der Waals surface area (Å²) in [7, 11) is 1.95. The van der Waals surface area contributed by atoms with E-state index in [4.69, 9.17) is 0 Å². The molecule has 2 rings (SSSR count). The van der Waals surface area contributed by atoms with E-state index < -0.39 is 0 Å². The molecule has 120 valence electrons. The van der Waals surface area contributed by atoms with Crippen molar-refractivity contribution >= 4 is 29.9 Å². The smallest absolute Gasteiger partial charge is 0.191 e. The molecule has 0 aliphatic heterocycles. The van der Waals surface area contributed by atoms with Gasteiger partial charge in [-0.15, -0.1) is 24.0 Å². The molecule has 1 saturated carbocycles. The van der Waals surface area contributed by atoms with Crippen molar-refractivity contribution in [2.75, 3.05) is 13.1 Å². The summed E-state index contributed by atoms with van der Waals surface area (Å²) in [5.74, 6) is 0.911. The molecule has 1 aromatic rings. The van der Waals surface area contributed by atoms with Gasteiger partial charge in [0, 0.05) is 26.3 Å². The number of aryl methyl sites for hydroxylation is 1. The zero-order valence-electron chi connectivity index (χ0n) is 13.4. The molecular weight excluding hydrogens is 377 g/mol. The van der Waals surface area contributed by atoms with Crippen LogP contribution in [-0.4, -0.2) is 28.8 Å². The average molecular weight is 405 g/mol. The molecule has 1 heterocycles. The summed E-state index contributed by atoms with van der Waals surface area (Å²) in [6.07, 6.45) is 7.13. The highest BCUT2D eigenvalue weighted by Gasteiger charge is 2.34. The van der Waals surface area contributed by atoms with E-state index in [1.807, 2.05) is 24.0 Å². The lowest BCUT2D eigenvalue weighted by Gasteiger charge is -2.41. The molecule has 0 aromatic carbocycles. The van der Waals surface area contributed by atoms with Crippen molar-refractivity contribution in [3.05, 3.63) is 18.0 Å². The number of nitrogens with one attached hydrogen (secondary N) is 2. The fourth-order valence-corrected chi connectivity index (χ4v) is 2.66. The van der Waals surface area contributed by atoms with Gasteiger partial charge >= 0.3 is 0 Å². The summed E-state index contributed by atoms with van der Waals surface area (Å²) >= 11 is 0. The summed E-state index contributed by atoms with van der Waals surface area (Å²) in [5.41, 5.74) is 1.62. The van der Waals surface area contributed by atoms with Crippen molar-refractivity contribution in [2.45, 2.75) is 46.1 Å². The van der Waals surface area contributed by atoms with Gasteiger partial charge < -0.3 is 10.6 Å². The van der Waals surface area contributed by atoms with Crippen molar-refractivity contribution in [3.8, 4) is 0 Å². The lowest BCUT2D eigenvalue weighted by molar-refractivity contribution is 0.131. The highest BCUT2D eigenvalue weighted by atomic mass is 127. The van der Waals surface area contributed by atoms with Crippen LogP contribution < -0.4 is 10.6 Å². The lowest BCUT2D eigenvalue weighted by atomic mass is 9.67. The predicted molar refractivity (Wildman–Crippen MR) is 98.0 cm³/mol. The molecule has 0 bridgehead atoms. The van der Waals surface area contributed by atoms with Crippen molar-refractivity contribution in [1.82, 2.24) is 20.4 Å². The minimum absolute atomic E-state index is 0. The van der Waals surface area contributed by atoms with Crippen LogP contribution in [-0.2, 0) is 13.6 Å². The van der Waals surface area contributed by atoms with Gasteiger partial charge in [-0.05, 0) is 37.7 Å². The number of aliphatic imine (C=N–C) groups is 1. The molecule has 0 saturated heterocycles. The van der Waals surface area contributed by atoms with Crippen LogP contribution in [0.25, 0.3) is 0 Å². The molecule has 0 radical (unpaired) electrons. The van der Waals surface area contributed by atoms with E-state index >= 15 is 0 Å². The van der Waals surface area contributed by atoms with Gasteiger partial charge in [-0.3, -0.25) is 4.68 Å². The first-order valence-electron chi connectivity index (χ1n) is 7.68. The van der Waals surface area contributed by atoms with Crippen LogP contribution in [0.1, 0.15) is 45.2 Å². The van der Waals surface area contributed by atoms with Crippen LogP contribution in [0, 0.1) is 5.41 Å². The second-order valence-electron chi connectivity index (χ2n) is 5.70. The molecule has 21 heavy (non-hydrogen) atoms. The summed E-state index contributed by atoms with van der Waals surface area (Å²) < 4.78 is 1.87. The minimum atomic E-state index is 0. The largest absolute Gasteiger partial charge is 0.357 e. The van der Waals surface area contributed by atoms with Gasteiger partial charge in [0.2, 0.25) is 0 Å². The molecule has 1 aliphatic rings. The average Bonchev–Trinajstić information content (AvgIpc) is 2.80. The monoisotopic (exact) mass is 405 g/mol. The number of hydrogen-bond donors (Lipinski definition) is 2. The predicted octanol–water partition coefficient (Wildman–Crippen LogP) is 2.67. The molecule has 1 aliphatic carbocycles. The number of nitrogens with zero attached hydrogens (tertiary/aromatic N) is 3. The quantitative estimate of drug-likeness (QED) is 0.435. The Morgan fingerprint density at radius 1 is 1.38 bits per heavy atom. The van der Waals surface area contributed by atoms with E-state index in [1.165, 1.54) is 25.7 Å². The van der Waals surface area contributed by atoms with Crippen LogP contribution in [0.4, 0.5) is 0 Å². The Labute approximate surface area is 145 Å². The highest BCUT2D eigenvalue weighted by Crippen LogP contribution is 2.42. The first-order chi connectivity index (χ1) is 9.69. The van der Waals surface area contributed by atoms with E-state index in [1.54, 1.807) is 0 Å². The minimum Gasteiger partial charge on any atom is -0.357 e. The number of halogens is 1. The molecule has 0 spiro atoms. The maximum absolute atomic E-state index is 4.65. The third-order valence-corrected chi connectivity index (χ3v) is 4.46. The van der Waals surface area contributed by atoms with Crippen molar-refractivity contribution in [2.24, 2.45) is 17.5 Å². The molecule has 0 unspecified atom stereocenters. The molecule has 6 heteroatoms. The maximum Gasteiger partial charge on any atom is 0.191 e. The van der Waals surface area contributed by atoms with Crippen LogP contribution in [0.2, 0.25) is 0 Å². The number of guanidine groups is 1. The van der Waals surface area contributed by atoms with Gasteiger partial charge in [-0.25, -0.2) is 4.99 Å². The first-order valence-corrected chi connectivity index (χ1v) is 7.68. The van der Waals surface area contributed by atoms with Gasteiger partial charge in [-0.1, -0.05) is 13.3 Å². The molecule has 0 amide bonds. The van der Waals surface area contributed by atoms with Crippen molar-refractivity contribution in [3.63, 3.8) is 0 Å². The summed E-state index contributed by atoms with van der Waals surface area (Å²) in [4.78, 5) is 4.65. The van der Waals surface area contributed by atoms with E-state index in [0.29, 0.717) is 12.0 Å². The Bertz CT molecular complexity index is 445. The SMILES string of the molecule is CCNC(=NCc1ccnn1C)NCC1(CC)CCC1.I. The van der Waals surface area contributed by atoms with Crippen LogP contribution >= 0.6 is 24.0 Å². The first kappa shape index (κ1) is 18.3. The Balaban J connectivity index is 0.00000220. The Morgan fingerprint density at radius 2 is 2.14 bits per heavy atom. The third kappa shape index (κ3) is 4.86. The van der Waals surface area contributed by atoms with Gasteiger partial charge in [0.1, 0.15) is 0 Å². The molecule has 2 N–H and O–H groups in total. The summed E-state index contributed by atoms with van der Waals surface area (Å²) in [6.45, 7) is 6.96. The number of rotatable bonds is 6. The standard InChI is InChI=1S/C15H27N5.HI/c1-4-15(8-6-9-15)12-18-14(16-5-2)17-11-13-7-10-19-20(13)3;/h7,10H,4-6,8-9,11-12H2,1-3H3,(H2,16,17,18);1H. The lowest BCUT2D eigenvalue weighted by Crippen LogP contribution is -2.46. The van der Waals surface area contributed by atoms with Gasteiger partial charge in [0.15, 0.2) is 5.96 Å². The van der Waals surface area contributed by atoms with Crippen molar-refractivity contribution in [1.29, 1.82) is 0 Å². The summed E-state index contributed by atoms with van der Waals surface area (Å²) in [6, 6.07) is 2.01. The van der Waals surface area contributed by atoms with E-state index in [-0.39, 0.29) is 24.0 Å². The second-order valence-corrected chi connectivity index (χ2v) is 5.70. The fourth-order valence-electron chi connectivity index (χ4n) is 2.66. The zero-order valence-corrected chi connectivity index (χ0v) is 15.7. The number of aromatic nitrogens is 2. The topological polar surface area (TPSA) is 54.2 Å². The molecule has 1 aromatic heterocycles. The van der Waals surface area contributed by atoms with Gasteiger partial charge in [0.25, 0.3) is 0 Å². The highest BCUT2D eigenvalue weighted by molar-refractivity contribution is 14.0. The zero-order chi connectivity index (χ0) is 14.4. The molecule has 5 nitrogen and oxygen atoms in total. The molecular formula is C15H28IN5. The van der Waals surface area contributed by atoms with Crippen LogP contribution in [0.3, 0.4) is 0 Å². The Hall–Kier alpha value is -0.790. The normalized spacial score (nSPS) is 16.8. The second kappa shape index (κ2) is 8.60. The van der Waals surface area contributed by atoms with Crippen molar-refractivity contribution < 1.29 is 0 Å². The van der Waals surface area contributed by atoms with Crippen LogP contribution in [0.5, 0.6) is 0 Å². The van der Waals surface area contributed by atoms with Crippen LogP contribution in [0.15, 0.2) is 17.3 Å². The fraction of sp³-hybridized carbons (Fsp3) is 0.733. The molecule has 0 atom stereocenters. The number of hydrogen-bond acceptors (Lipinski definition) is 2. The Morgan fingerprint density at radius 3 is 2.62 bits per heavy atom. The third-order valence-electron chi connectivity index (χ3n) is 4.46. The van der Waals surface area contributed by atoms with E-state index in [9.17, 15) is 0 Å². The van der Waals surface area contributed by atoms with Gasteiger partial charge in [0.05, 0.1) is 12.2 Å². The van der Waals surface area contributed by atoms with E-state index in [2.05, 4.69) is 34.6 Å². The summed E-state index contributed by atoms with van der Waals surface area (Å²) in [5, 5.41) is 11.0. The Kier molecular flexibility index (Phi) is 7.48. The maximum atomic E-state index is 4.65. The van der Waals surface area contributed by atoms with E-state index in [0.717, 1.165) is 24.7 Å².